The highest BCUT2D eigenvalue weighted by molar-refractivity contribution is 5.30. The molecule has 3 nitrogen and oxygen atoms in total. The molecule has 0 atom stereocenters. The summed E-state index contributed by atoms with van der Waals surface area (Å²) in [5.74, 6) is 0.642. The van der Waals surface area contributed by atoms with E-state index in [0.29, 0.717) is 12.1 Å². The first-order valence-electron chi connectivity index (χ1n) is 7.25. The molecule has 0 heterocycles. The molecule has 1 fully saturated rings. The Morgan fingerprint density at radius 2 is 2.05 bits per heavy atom. The van der Waals surface area contributed by atoms with Gasteiger partial charge in [0.15, 0.2) is 11.6 Å². The third-order valence-electron chi connectivity index (χ3n) is 4.35. The van der Waals surface area contributed by atoms with E-state index < -0.39 is 0 Å². The summed E-state index contributed by atoms with van der Waals surface area (Å²) in [7, 11) is 1.47. The van der Waals surface area contributed by atoms with E-state index in [1.807, 2.05) is 0 Å². The molecule has 0 saturated heterocycles. The Morgan fingerprint density at radius 1 is 1.35 bits per heavy atom. The van der Waals surface area contributed by atoms with Crippen molar-refractivity contribution in [3.05, 3.63) is 29.6 Å². The van der Waals surface area contributed by atoms with Gasteiger partial charge in [0.25, 0.3) is 0 Å². The monoisotopic (exact) mass is 281 g/mol. The molecule has 0 aliphatic heterocycles. The normalized spacial score (nSPS) is 26.5. The topological polar surface area (TPSA) is 44.5 Å². The summed E-state index contributed by atoms with van der Waals surface area (Å²) in [6, 6.07) is 5.12. The molecule has 1 aliphatic carbocycles. The summed E-state index contributed by atoms with van der Waals surface area (Å²) in [6.07, 6.45) is 4.15. The van der Waals surface area contributed by atoms with Gasteiger partial charge in [-0.05, 0) is 37.7 Å². The maximum Gasteiger partial charge on any atom is 0.170 e. The molecule has 1 aromatic carbocycles. The van der Waals surface area contributed by atoms with Crippen LogP contribution in [0.4, 0.5) is 4.39 Å². The first kappa shape index (κ1) is 15.3. The summed E-state index contributed by atoms with van der Waals surface area (Å²) in [5, 5.41) is 0. The second-order valence-corrected chi connectivity index (χ2v) is 5.79. The number of hydrogen-bond donors (Lipinski definition) is 1. The lowest BCUT2D eigenvalue weighted by molar-refractivity contribution is -0.0807. The zero-order chi connectivity index (χ0) is 14.6. The molecule has 20 heavy (non-hydrogen) atoms. The number of nitrogens with two attached hydrogens (primary N) is 1. The smallest absolute Gasteiger partial charge is 0.170 e. The zero-order valence-electron chi connectivity index (χ0n) is 12.3. The van der Waals surface area contributed by atoms with Gasteiger partial charge in [-0.15, -0.1) is 0 Å². The van der Waals surface area contributed by atoms with E-state index in [1.54, 1.807) is 18.2 Å². The van der Waals surface area contributed by atoms with E-state index in [-0.39, 0.29) is 23.8 Å². The molecule has 0 bridgehead atoms. The van der Waals surface area contributed by atoms with Gasteiger partial charge in [0.05, 0.1) is 19.3 Å². The Hall–Kier alpha value is -1.13. The molecule has 0 spiro atoms. The molecule has 2 N–H and O–H groups in total. The van der Waals surface area contributed by atoms with Crippen molar-refractivity contribution in [2.45, 2.75) is 44.8 Å². The predicted molar refractivity (Wildman–Crippen MR) is 77.2 cm³/mol. The molecule has 112 valence electrons. The average molecular weight is 281 g/mol. The largest absolute Gasteiger partial charge is 0.494 e. The Balaban J connectivity index is 2.03. The van der Waals surface area contributed by atoms with Crippen molar-refractivity contribution in [1.29, 1.82) is 0 Å². The van der Waals surface area contributed by atoms with Crippen molar-refractivity contribution < 1.29 is 13.9 Å². The zero-order valence-corrected chi connectivity index (χ0v) is 12.3. The van der Waals surface area contributed by atoms with Crippen LogP contribution in [-0.2, 0) is 11.3 Å². The average Bonchev–Trinajstić information content (AvgIpc) is 2.48. The summed E-state index contributed by atoms with van der Waals surface area (Å²) in [6.45, 7) is 2.99. The number of halogens is 1. The summed E-state index contributed by atoms with van der Waals surface area (Å²) in [5.41, 5.74) is 6.13. The first-order valence-corrected chi connectivity index (χ1v) is 7.25. The molecule has 1 aromatic rings. The molecule has 0 unspecified atom stereocenters. The summed E-state index contributed by atoms with van der Waals surface area (Å²) >= 11 is 0. The van der Waals surface area contributed by atoms with E-state index in [0.717, 1.165) is 31.6 Å². The maximum atomic E-state index is 14.1. The highest BCUT2D eigenvalue weighted by Crippen LogP contribution is 2.35. The minimum atomic E-state index is -0.341. The molecular formula is C16H24FNO2. The molecule has 0 radical (unpaired) electrons. The highest BCUT2D eigenvalue weighted by atomic mass is 19.1. The minimum absolute atomic E-state index is 0.245. The van der Waals surface area contributed by atoms with Crippen LogP contribution in [0.15, 0.2) is 18.2 Å². The van der Waals surface area contributed by atoms with E-state index >= 15 is 0 Å². The Labute approximate surface area is 120 Å². The highest BCUT2D eigenvalue weighted by Gasteiger charge is 2.34. The molecule has 0 amide bonds. The van der Waals surface area contributed by atoms with Crippen LogP contribution in [0.2, 0.25) is 0 Å². The fourth-order valence-electron chi connectivity index (χ4n) is 2.75. The van der Waals surface area contributed by atoms with Gasteiger partial charge in [0.2, 0.25) is 0 Å². The van der Waals surface area contributed by atoms with Gasteiger partial charge in [0, 0.05) is 12.1 Å². The number of ether oxygens (including phenoxy) is 2. The van der Waals surface area contributed by atoms with Crippen LogP contribution in [0.1, 0.15) is 38.2 Å². The van der Waals surface area contributed by atoms with Crippen molar-refractivity contribution in [2.75, 3.05) is 13.7 Å². The van der Waals surface area contributed by atoms with Crippen LogP contribution in [0.3, 0.4) is 0 Å². The van der Waals surface area contributed by atoms with Crippen molar-refractivity contribution in [3.8, 4) is 5.75 Å². The maximum absolute atomic E-state index is 14.1. The van der Waals surface area contributed by atoms with Crippen LogP contribution in [-0.4, -0.2) is 19.3 Å². The fraction of sp³-hybridized carbons (Fsp3) is 0.625. The Morgan fingerprint density at radius 3 is 2.65 bits per heavy atom. The summed E-state index contributed by atoms with van der Waals surface area (Å²) in [4.78, 5) is 0. The van der Waals surface area contributed by atoms with E-state index in [2.05, 4.69) is 6.92 Å². The van der Waals surface area contributed by atoms with Gasteiger partial charge >= 0.3 is 0 Å². The van der Waals surface area contributed by atoms with Crippen LogP contribution < -0.4 is 10.5 Å². The standard InChI is InChI=1S/C16H24FNO2/c1-12-6-8-16(11-18,9-7-12)20-10-13-4-3-5-14(19-2)15(13)17/h3-5,12H,6-11,18H2,1-2H3. The quantitative estimate of drug-likeness (QED) is 0.901. The van der Waals surface area contributed by atoms with Crippen molar-refractivity contribution >= 4 is 0 Å². The number of rotatable bonds is 5. The van der Waals surface area contributed by atoms with Gasteiger partial charge in [0.1, 0.15) is 0 Å². The molecule has 1 aliphatic rings. The number of benzene rings is 1. The lowest BCUT2D eigenvalue weighted by atomic mass is 9.79. The van der Waals surface area contributed by atoms with Crippen LogP contribution in [0, 0.1) is 11.7 Å². The Bertz CT molecular complexity index is 442. The number of methoxy groups -OCH3 is 1. The first-order chi connectivity index (χ1) is 9.60. The van der Waals surface area contributed by atoms with Crippen LogP contribution in [0.25, 0.3) is 0 Å². The van der Waals surface area contributed by atoms with Gasteiger partial charge < -0.3 is 15.2 Å². The van der Waals surface area contributed by atoms with Crippen molar-refractivity contribution in [1.82, 2.24) is 0 Å². The fourth-order valence-corrected chi connectivity index (χ4v) is 2.75. The van der Waals surface area contributed by atoms with Crippen molar-refractivity contribution in [3.63, 3.8) is 0 Å². The third kappa shape index (κ3) is 3.30. The molecular weight excluding hydrogens is 257 g/mol. The van der Waals surface area contributed by atoms with Gasteiger partial charge in [-0.2, -0.15) is 0 Å². The minimum Gasteiger partial charge on any atom is -0.494 e. The summed E-state index contributed by atoms with van der Waals surface area (Å²) < 4.78 is 25.1. The molecule has 2 rings (SSSR count). The van der Waals surface area contributed by atoms with E-state index in [4.69, 9.17) is 15.2 Å². The van der Waals surface area contributed by atoms with Crippen LogP contribution >= 0.6 is 0 Å². The molecule has 4 heteroatoms. The van der Waals surface area contributed by atoms with Gasteiger partial charge in [-0.1, -0.05) is 19.1 Å². The number of hydrogen-bond acceptors (Lipinski definition) is 3. The predicted octanol–water partition coefficient (Wildman–Crippen LogP) is 3.26. The third-order valence-corrected chi connectivity index (χ3v) is 4.35. The molecule has 0 aromatic heterocycles. The van der Waals surface area contributed by atoms with E-state index in [1.165, 1.54) is 7.11 Å². The van der Waals surface area contributed by atoms with Crippen LogP contribution in [0.5, 0.6) is 5.75 Å². The lowest BCUT2D eigenvalue weighted by Gasteiger charge is -2.38. The van der Waals surface area contributed by atoms with Crippen molar-refractivity contribution in [2.24, 2.45) is 11.7 Å². The van der Waals surface area contributed by atoms with E-state index in [9.17, 15) is 4.39 Å². The second kappa shape index (κ2) is 6.55. The molecule has 1 saturated carbocycles. The Kier molecular flexibility index (Phi) is 5.00. The lowest BCUT2D eigenvalue weighted by Crippen LogP contribution is -2.43. The van der Waals surface area contributed by atoms with Gasteiger partial charge in [-0.3, -0.25) is 0 Å². The van der Waals surface area contributed by atoms with Gasteiger partial charge in [-0.25, -0.2) is 4.39 Å². The SMILES string of the molecule is COc1cccc(COC2(CN)CCC(C)CC2)c1F. The second-order valence-electron chi connectivity index (χ2n) is 5.79.